The fourth-order valence-corrected chi connectivity index (χ4v) is 2.40. The average Bonchev–Trinajstić information content (AvgIpc) is 3.01. The summed E-state index contributed by atoms with van der Waals surface area (Å²) < 4.78 is 10.3. The standard InChI is InChI=1S/C17H17N3O4/c1-23-15-9-12(19-14-6-8-24-17(14)22)4-5-13(15)20-16(21)11-3-2-7-18-10-11/h2-5,7,9-10,14,19H,6,8H2,1H3,(H,20,21). The molecule has 1 aromatic heterocycles. The molecular formula is C17H17N3O4. The normalized spacial score (nSPS) is 16.4. The van der Waals surface area contributed by atoms with Crippen molar-refractivity contribution in [2.75, 3.05) is 24.4 Å². The largest absolute Gasteiger partial charge is 0.494 e. The van der Waals surface area contributed by atoms with Crippen LogP contribution < -0.4 is 15.4 Å². The van der Waals surface area contributed by atoms with Crippen molar-refractivity contribution < 1.29 is 19.1 Å². The first-order chi connectivity index (χ1) is 11.7. The number of cyclic esters (lactones) is 1. The highest BCUT2D eigenvalue weighted by Gasteiger charge is 2.26. The van der Waals surface area contributed by atoms with E-state index in [0.29, 0.717) is 30.0 Å². The molecule has 1 aliphatic rings. The molecular weight excluding hydrogens is 310 g/mol. The number of hydrogen-bond donors (Lipinski definition) is 2. The van der Waals surface area contributed by atoms with E-state index in [-0.39, 0.29) is 17.9 Å². The van der Waals surface area contributed by atoms with Crippen LogP contribution in [0.5, 0.6) is 5.75 Å². The van der Waals surface area contributed by atoms with Gasteiger partial charge in [-0.3, -0.25) is 9.78 Å². The van der Waals surface area contributed by atoms with Crippen molar-refractivity contribution in [3.05, 3.63) is 48.3 Å². The van der Waals surface area contributed by atoms with Crippen LogP contribution in [0.15, 0.2) is 42.7 Å². The molecule has 0 saturated carbocycles. The van der Waals surface area contributed by atoms with Crippen LogP contribution in [0.2, 0.25) is 0 Å². The minimum atomic E-state index is -0.356. The lowest BCUT2D eigenvalue weighted by Gasteiger charge is -2.14. The van der Waals surface area contributed by atoms with E-state index in [1.807, 2.05) is 0 Å². The zero-order chi connectivity index (χ0) is 16.9. The number of carbonyl (C=O) groups is 2. The molecule has 24 heavy (non-hydrogen) atoms. The quantitative estimate of drug-likeness (QED) is 0.817. The third kappa shape index (κ3) is 3.45. The molecule has 1 aromatic carbocycles. The molecule has 1 saturated heterocycles. The smallest absolute Gasteiger partial charge is 0.328 e. The number of hydrogen-bond acceptors (Lipinski definition) is 6. The van der Waals surface area contributed by atoms with Gasteiger partial charge in [-0.15, -0.1) is 0 Å². The Bertz CT molecular complexity index is 749. The van der Waals surface area contributed by atoms with Gasteiger partial charge in [0.1, 0.15) is 11.8 Å². The highest BCUT2D eigenvalue weighted by Crippen LogP contribution is 2.29. The third-order valence-electron chi connectivity index (χ3n) is 3.65. The molecule has 0 spiro atoms. The van der Waals surface area contributed by atoms with Crippen molar-refractivity contribution in [3.63, 3.8) is 0 Å². The summed E-state index contributed by atoms with van der Waals surface area (Å²) in [6.07, 6.45) is 3.72. The van der Waals surface area contributed by atoms with E-state index in [0.717, 1.165) is 5.69 Å². The van der Waals surface area contributed by atoms with Gasteiger partial charge in [0.15, 0.2) is 0 Å². The van der Waals surface area contributed by atoms with Gasteiger partial charge in [0.2, 0.25) is 0 Å². The van der Waals surface area contributed by atoms with Crippen molar-refractivity contribution in [2.24, 2.45) is 0 Å². The number of rotatable bonds is 5. The molecule has 0 radical (unpaired) electrons. The van der Waals surface area contributed by atoms with Crippen LogP contribution in [-0.4, -0.2) is 36.6 Å². The molecule has 0 bridgehead atoms. The fourth-order valence-electron chi connectivity index (χ4n) is 2.40. The molecule has 1 amide bonds. The van der Waals surface area contributed by atoms with Gasteiger partial charge in [0.25, 0.3) is 5.91 Å². The van der Waals surface area contributed by atoms with Gasteiger partial charge in [0, 0.05) is 30.6 Å². The summed E-state index contributed by atoms with van der Waals surface area (Å²) >= 11 is 0. The van der Waals surface area contributed by atoms with Crippen LogP contribution in [0.4, 0.5) is 11.4 Å². The van der Waals surface area contributed by atoms with Crippen LogP contribution >= 0.6 is 0 Å². The minimum Gasteiger partial charge on any atom is -0.494 e. The maximum absolute atomic E-state index is 12.2. The zero-order valence-corrected chi connectivity index (χ0v) is 13.1. The number of carbonyl (C=O) groups excluding carboxylic acids is 2. The Kier molecular flexibility index (Phi) is 4.60. The number of methoxy groups -OCH3 is 1. The number of anilines is 2. The topological polar surface area (TPSA) is 89.5 Å². The van der Waals surface area contributed by atoms with E-state index in [1.54, 1.807) is 36.5 Å². The molecule has 2 N–H and O–H groups in total. The SMILES string of the molecule is COc1cc(NC2CCOC2=O)ccc1NC(=O)c1cccnc1. The van der Waals surface area contributed by atoms with Crippen molar-refractivity contribution >= 4 is 23.3 Å². The highest BCUT2D eigenvalue weighted by atomic mass is 16.5. The molecule has 2 heterocycles. The van der Waals surface area contributed by atoms with E-state index in [1.165, 1.54) is 13.3 Å². The molecule has 7 heteroatoms. The lowest BCUT2D eigenvalue weighted by atomic mass is 10.2. The molecule has 0 aliphatic carbocycles. The number of benzene rings is 1. The van der Waals surface area contributed by atoms with E-state index in [9.17, 15) is 9.59 Å². The van der Waals surface area contributed by atoms with Crippen LogP contribution in [0.25, 0.3) is 0 Å². The van der Waals surface area contributed by atoms with E-state index in [4.69, 9.17) is 9.47 Å². The molecule has 7 nitrogen and oxygen atoms in total. The molecule has 1 atom stereocenters. The van der Waals surface area contributed by atoms with Crippen molar-refractivity contribution in [1.29, 1.82) is 0 Å². The number of pyridine rings is 1. The van der Waals surface area contributed by atoms with Crippen LogP contribution in [0.3, 0.4) is 0 Å². The van der Waals surface area contributed by atoms with Crippen LogP contribution in [0.1, 0.15) is 16.8 Å². The first-order valence-corrected chi connectivity index (χ1v) is 7.50. The Labute approximate surface area is 139 Å². The fraction of sp³-hybridized carbons (Fsp3) is 0.235. The maximum Gasteiger partial charge on any atom is 0.328 e. The number of amides is 1. The second kappa shape index (κ2) is 6.99. The number of aromatic nitrogens is 1. The minimum absolute atomic E-state index is 0.261. The Morgan fingerprint density at radius 2 is 2.25 bits per heavy atom. The summed E-state index contributed by atoms with van der Waals surface area (Å²) in [5.74, 6) is -0.0481. The maximum atomic E-state index is 12.2. The summed E-state index contributed by atoms with van der Waals surface area (Å²) in [6, 6.07) is 8.23. The van der Waals surface area contributed by atoms with E-state index >= 15 is 0 Å². The number of nitrogens with zero attached hydrogens (tertiary/aromatic N) is 1. The predicted octanol–water partition coefficient (Wildman–Crippen LogP) is 2.07. The Hall–Kier alpha value is -3.09. The van der Waals surface area contributed by atoms with E-state index < -0.39 is 0 Å². The molecule has 1 aliphatic heterocycles. The second-order valence-corrected chi connectivity index (χ2v) is 5.26. The third-order valence-corrected chi connectivity index (χ3v) is 3.65. The van der Waals surface area contributed by atoms with Crippen molar-refractivity contribution in [3.8, 4) is 5.75 Å². The molecule has 3 rings (SSSR count). The van der Waals surface area contributed by atoms with Crippen LogP contribution in [0, 0.1) is 0 Å². The van der Waals surface area contributed by atoms with Gasteiger partial charge in [-0.1, -0.05) is 0 Å². The number of nitrogens with one attached hydrogen (secondary N) is 2. The molecule has 1 fully saturated rings. The van der Waals surface area contributed by atoms with Gasteiger partial charge in [-0.2, -0.15) is 0 Å². The van der Waals surface area contributed by atoms with Crippen LogP contribution in [-0.2, 0) is 9.53 Å². The molecule has 1 unspecified atom stereocenters. The number of ether oxygens (including phenoxy) is 2. The zero-order valence-electron chi connectivity index (χ0n) is 13.1. The average molecular weight is 327 g/mol. The highest BCUT2D eigenvalue weighted by molar-refractivity contribution is 6.04. The first-order valence-electron chi connectivity index (χ1n) is 7.50. The van der Waals surface area contributed by atoms with Gasteiger partial charge in [-0.25, -0.2) is 4.79 Å². The Balaban J connectivity index is 1.74. The van der Waals surface area contributed by atoms with E-state index in [2.05, 4.69) is 15.6 Å². The summed E-state index contributed by atoms with van der Waals surface area (Å²) in [5.41, 5.74) is 1.71. The monoisotopic (exact) mass is 327 g/mol. The second-order valence-electron chi connectivity index (χ2n) is 5.26. The van der Waals surface area contributed by atoms with Crippen molar-refractivity contribution in [2.45, 2.75) is 12.5 Å². The Morgan fingerprint density at radius 3 is 2.92 bits per heavy atom. The number of esters is 1. The molecule has 124 valence electrons. The summed E-state index contributed by atoms with van der Waals surface area (Å²) in [6.45, 7) is 0.423. The van der Waals surface area contributed by atoms with Crippen molar-refractivity contribution in [1.82, 2.24) is 4.98 Å². The lowest BCUT2D eigenvalue weighted by Crippen LogP contribution is -2.24. The summed E-state index contributed by atoms with van der Waals surface area (Å²) in [7, 11) is 1.52. The predicted molar refractivity (Wildman–Crippen MR) is 88.2 cm³/mol. The van der Waals surface area contributed by atoms with Gasteiger partial charge in [-0.05, 0) is 24.3 Å². The summed E-state index contributed by atoms with van der Waals surface area (Å²) in [5, 5.41) is 5.88. The molecule has 2 aromatic rings. The first kappa shape index (κ1) is 15.8. The Morgan fingerprint density at radius 1 is 1.38 bits per heavy atom. The lowest BCUT2D eigenvalue weighted by molar-refractivity contribution is -0.138. The summed E-state index contributed by atoms with van der Waals surface area (Å²) in [4.78, 5) is 27.7. The van der Waals surface area contributed by atoms with Gasteiger partial charge < -0.3 is 20.1 Å². The van der Waals surface area contributed by atoms with Gasteiger partial charge in [0.05, 0.1) is 25.0 Å². The van der Waals surface area contributed by atoms with Gasteiger partial charge >= 0.3 is 5.97 Å².